The van der Waals surface area contributed by atoms with Crippen LogP contribution in [0.15, 0.2) is 65.0 Å². The predicted octanol–water partition coefficient (Wildman–Crippen LogP) is 3.33. The summed E-state index contributed by atoms with van der Waals surface area (Å²) in [5.41, 5.74) is 1.09. The highest BCUT2D eigenvalue weighted by atomic mass is 32.2. The smallest absolute Gasteiger partial charge is 0.257 e. The van der Waals surface area contributed by atoms with Crippen molar-refractivity contribution in [1.82, 2.24) is 9.71 Å². The van der Waals surface area contributed by atoms with Crippen LogP contribution in [0.25, 0.3) is 0 Å². The summed E-state index contributed by atoms with van der Waals surface area (Å²) in [5, 5.41) is 7.63. The maximum atomic E-state index is 12.5. The number of rotatable bonds is 7. The number of amides is 2. The Kier molecular flexibility index (Phi) is 6.60. The van der Waals surface area contributed by atoms with Crippen LogP contribution in [0.4, 0.5) is 10.8 Å². The van der Waals surface area contributed by atoms with E-state index in [1.54, 1.807) is 49.7 Å². The number of anilines is 2. The average molecular weight is 445 g/mol. The zero-order valence-electron chi connectivity index (χ0n) is 16.2. The standard InChI is InChI=1S/C20H20N4O4S2/c1-13(2)24-30(27,28)17-5-3-4-15(12-17)19(26)22-16-8-6-14(7-9-16)18(25)23-20-21-10-11-29-20/h3-13,24H,1-2H3,(H,22,26)(H,21,23,25). The molecule has 1 aromatic heterocycles. The van der Waals surface area contributed by atoms with Gasteiger partial charge >= 0.3 is 0 Å². The van der Waals surface area contributed by atoms with Crippen LogP contribution in [0.3, 0.4) is 0 Å². The molecule has 0 radical (unpaired) electrons. The molecule has 30 heavy (non-hydrogen) atoms. The maximum Gasteiger partial charge on any atom is 0.257 e. The van der Waals surface area contributed by atoms with E-state index in [2.05, 4.69) is 20.3 Å². The van der Waals surface area contributed by atoms with Crippen molar-refractivity contribution in [2.45, 2.75) is 24.8 Å². The summed E-state index contributed by atoms with van der Waals surface area (Å²) >= 11 is 1.31. The quantitative estimate of drug-likeness (QED) is 0.517. The minimum atomic E-state index is -3.70. The van der Waals surface area contributed by atoms with Crippen LogP contribution in [0, 0.1) is 0 Å². The van der Waals surface area contributed by atoms with Gasteiger partial charge in [-0.2, -0.15) is 0 Å². The SMILES string of the molecule is CC(C)NS(=O)(=O)c1cccc(C(=O)Nc2ccc(C(=O)Nc3nccs3)cc2)c1. The van der Waals surface area contributed by atoms with Gasteiger partial charge in [0.2, 0.25) is 10.0 Å². The van der Waals surface area contributed by atoms with Gasteiger partial charge in [-0.3, -0.25) is 14.9 Å². The van der Waals surface area contributed by atoms with Gasteiger partial charge < -0.3 is 5.32 Å². The van der Waals surface area contributed by atoms with Gasteiger partial charge in [-0.25, -0.2) is 18.1 Å². The lowest BCUT2D eigenvalue weighted by Crippen LogP contribution is -2.30. The Bertz CT molecular complexity index is 1140. The third kappa shape index (κ3) is 5.50. The lowest BCUT2D eigenvalue weighted by atomic mass is 10.1. The fraction of sp³-hybridized carbons (Fsp3) is 0.150. The molecular formula is C20H20N4O4S2. The van der Waals surface area contributed by atoms with Crippen molar-refractivity contribution in [3.8, 4) is 0 Å². The minimum absolute atomic E-state index is 0.0121. The number of benzene rings is 2. The van der Waals surface area contributed by atoms with Gasteiger partial charge in [-0.1, -0.05) is 6.07 Å². The van der Waals surface area contributed by atoms with Crippen LogP contribution >= 0.6 is 11.3 Å². The van der Waals surface area contributed by atoms with E-state index < -0.39 is 15.9 Å². The number of thiazole rings is 1. The van der Waals surface area contributed by atoms with Crippen molar-refractivity contribution < 1.29 is 18.0 Å². The first-order valence-electron chi connectivity index (χ1n) is 8.99. The third-order valence-corrected chi connectivity index (χ3v) is 6.20. The number of hydrogen-bond acceptors (Lipinski definition) is 6. The number of aromatic nitrogens is 1. The Morgan fingerprint density at radius 1 is 0.967 bits per heavy atom. The van der Waals surface area contributed by atoms with Crippen LogP contribution in [0.2, 0.25) is 0 Å². The van der Waals surface area contributed by atoms with Crippen molar-refractivity contribution in [3.63, 3.8) is 0 Å². The fourth-order valence-electron chi connectivity index (χ4n) is 2.55. The fourth-order valence-corrected chi connectivity index (χ4v) is 4.37. The summed E-state index contributed by atoms with van der Waals surface area (Å²) in [6, 6.07) is 11.9. The molecule has 0 aliphatic heterocycles. The molecule has 3 aromatic rings. The first kappa shape index (κ1) is 21.6. The van der Waals surface area contributed by atoms with Crippen LogP contribution in [0.5, 0.6) is 0 Å². The molecule has 0 bridgehead atoms. The molecule has 1 heterocycles. The van der Waals surface area contributed by atoms with Crippen LogP contribution in [-0.4, -0.2) is 31.3 Å². The molecule has 156 valence electrons. The second-order valence-corrected chi connectivity index (χ2v) is 9.24. The molecule has 8 nitrogen and oxygen atoms in total. The Balaban J connectivity index is 1.69. The Morgan fingerprint density at radius 2 is 1.67 bits per heavy atom. The number of nitrogens with one attached hydrogen (secondary N) is 3. The predicted molar refractivity (Wildman–Crippen MR) is 116 cm³/mol. The summed E-state index contributed by atoms with van der Waals surface area (Å²) in [5.74, 6) is -0.769. The monoisotopic (exact) mass is 444 g/mol. The minimum Gasteiger partial charge on any atom is -0.322 e. The molecule has 2 amide bonds. The van der Waals surface area contributed by atoms with Gasteiger partial charge in [0.1, 0.15) is 0 Å². The van der Waals surface area contributed by atoms with E-state index >= 15 is 0 Å². The van der Waals surface area contributed by atoms with Gasteiger partial charge in [-0.15, -0.1) is 11.3 Å². The van der Waals surface area contributed by atoms with E-state index in [9.17, 15) is 18.0 Å². The zero-order valence-corrected chi connectivity index (χ0v) is 17.9. The Labute approximate surface area is 178 Å². The molecule has 0 fully saturated rings. The normalized spacial score (nSPS) is 11.3. The van der Waals surface area contributed by atoms with Gasteiger partial charge in [0, 0.05) is 34.4 Å². The molecule has 0 saturated heterocycles. The van der Waals surface area contributed by atoms with Crippen LogP contribution in [0.1, 0.15) is 34.6 Å². The van der Waals surface area contributed by atoms with E-state index in [0.29, 0.717) is 16.4 Å². The van der Waals surface area contributed by atoms with Crippen molar-refractivity contribution in [3.05, 3.63) is 71.2 Å². The molecule has 0 unspecified atom stereocenters. The molecule has 0 aliphatic carbocycles. The molecule has 0 spiro atoms. The van der Waals surface area contributed by atoms with E-state index in [1.165, 1.54) is 35.6 Å². The van der Waals surface area contributed by atoms with E-state index in [0.717, 1.165) is 0 Å². The number of sulfonamides is 1. The van der Waals surface area contributed by atoms with E-state index in [4.69, 9.17) is 0 Å². The number of hydrogen-bond donors (Lipinski definition) is 3. The highest BCUT2D eigenvalue weighted by molar-refractivity contribution is 7.89. The topological polar surface area (TPSA) is 117 Å². The third-order valence-electron chi connectivity index (χ3n) is 3.86. The van der Waals surface area contributed by atoms with Gasteiger partial charge in [0.05, 0.1) is 4.90 Å². The number of carbonyl (C=O) groups is 2. The molecule has 3 N–H and O–H groups in total. The second-order valence-electron chi connectivity index (χ2n) is 6.63. The summed E-state index contributed by atoms with van der Waals surface area (Å²) in [7, 11) is -3.70. The molecule has 3 rings (SSSR count). The summed E-state index contributed by atoms with van der Waals surface area (Å²) < 4.78 is 27.1. The summed E-state index contributed by atoms with van der Waals surface area (Å²) in [6.45, 7) is 3.43. The number of nitrogens with zero attached hydrogens (tertiary/aromatic N) is 1. The molecule has 10 heteroatoms. The number of carbonyl (C=O) groups excluding carboxylic acids is 2. The Hall–Kier alpha value is -3.08. The molecule has 0 saturated carbocycles. The van der Waals surface area contributed by atoms with Crippen LogP contribution < -0.4 is 15.4 Å². The molecule has 2 aromatic carbocycles. The van der Waals surface area contributed by atoms with Gasteiger partial charge in [0.15, 0.2) is 5.13 Å². The highest BCUT2D eigenvalue weighted by Crippen LogP contribution is 2.17. The zero-order chi connectivity index (χ0) is 21.7. The lowest BCUT2D eigenvalue weighted by molar-refractivity contribution is 0.101. The highest BCUT2D eigenvalue weighted by Gasteiger charge is 2.17. The van der Waals surface area contributed by atoms with Crippen LogP contribution in [-0.2, 0) is 10.0 Å². The molecule has 0 atom stereocenters. The van der Waals surface area contributed by atoms with Crippen molar-refractivity contribution in [2.24, 2.45) is 0 Å². The van der Waals surface area contributed by atoms with E-state index in [1.807, 2.05) is 0 Å². The van der Waals surface area contributed by atoms with Gasteiger partial charge in [-0.05, 0) is 56.3 Å². The van der Waals surface area contributed by atoms with Gasteiger partial charge in [0.25, 0.3) is 11.8 Å². The molecule has 0 aliphatic rings. The largest absolute Gasteiger partial charge is 0.322 e. The maximum absolute atomic E-state index is 12.5. The average Bonchev–Trinajstić information content (AvgIpc) is 3.20. The van der Waals surface area contributed by atoms with Crippen molar-refractivity contribution >= 4 is 44.0 Å². The second kappa shape index (κ2) is 9.16. The van der Waals surface area contributed by atoms with Crippen molar-refractivity contribution in [2.75, 3.05) is 10.6 Å². The van der Waals surface area contributed by atoms with E-state index in [-0.39, 0.29) is 22.4 Å². The first-order valence-corrected chi connectivity index (χ1v) is 11.4. The molecular weight excluding hydrogens is 424 g/mol. The van der Waals surface area contributed by atoms with Crippen molar-refractivity contribution in [1.29, 1.82) is 0 Å². The summed E-state index contributed by atoms with van der Waals surface area (Å²) in [4.78, 5) is 28.7. The summed E-state index contributed by atoms with van der Waals surface area (Å²) in [6.07, 6.45) is 1.60. The first-order chi connectivity index (χ1) is 14.2. The Morgan fingerprint density at radius 3 is 2.30 bits per heavy atom. The lowest BCUT2D eigenvalue weighted by Gasteiger charge is -2.11.